The summed E-state index contributed by atoms with van der Waals surface area (Å²) in [5, 5.41) is 11.8. The smallest absolute Gasteiger partial charge is 0.325 e. The van der Waals surface area contributed by atoms with Gasteiger partial charge in [-0.05, 0) is 23.6 Å². The van der Waals surface area contributed by atoms with Gasteiger partial charge in [0.1, 0.15) is 60.8 Å². The summed E-state index contributed by atoms with van der Waals surface area (Å²) in [6.07, 6.45) is -8.71. The summed E-state index contributed by atoms with van der Waals surface area (Å²) in [4.78, 5) is 52.7. The van der Waals surface area contributed by atoms with E-state index >= 15 is 0 Å². The van der Waals surface area contributed by atoms with E-state index in [2.05, 4.69) is 21.3 Å². The molecule has 17 heteroatoms. The van der Waals surface area contributed by atoms with Gasteiger partial charge in [0.2, 0.25) is 17.7 Å². The highest BCUT2D eigenvalue weighted by molar-refractivity contribution is 5.95. The number of rotatable bonds is 19. The van der Waals surface area contributed by atoms with Gasteiger partial charge in [0.15, 0.2) is 18.8 Å². The van der Waals surface area contributed by atoms with Crippen LogP contribution in [0.25, 0.3) is 0 Å². The van der Waals surface area contributed by atoms with Crippen molar-refractivity contribution in [3.05, 3.63) is 144 Å². The number of benzene rings is 4. The van der Waals surface area contributed by atoms with Crippen LogP contribution < -0.4 is 21.3 Å². The van der Waals surface area contributed by atoms with Gasteiger partial charge in [-0.2, -0.15) is 0 Å². The van der Waals surface area contributed by atoms with Crippen molar-refractivity contribution < 1.29 is 61.8 Å². The van der Waals surface area contributed by atoms with Crippen molar-refractivity contribution in [3.63, 3.8) is 0 Å². The van der Waals surface area contributed by atoms with E-state index in [0.29, 0.717) is 0 Å². The predicted octanol–water partition coefficient (Wildman–Crippen LogP) is 3.35. The van der Waals surface area contributed by atoms with Crippen molar-refractivity contribution in [2.24, 2.45) is 0 Å². The molecule has 4 aromatic rings. The third kappa shape index (κ3) is 12.5. The van der Waals surface area contributed by atoms with Crippen LogP contribution in [0.3, 0.4) is 0 Å². The molecule has 13 atom stereocenters. The Morgan fingerprint density at radius 2 is 1.21 bits per heavy atom. The molecular weight excluding hydrogens is 865 g/mol. The molecule has 17 nitrogen and oxygen atoms in total. The van der Waals surface area contributed by atoms with Crippen molar-refractivity contribution >= 4 is 23.7 Å². The number of carbonyl (C=O) groups is 4. The van der Waals surface area contributed by atoms with Crippen molar-refractivity contribution in [1.82, 2.24) is 21.3 Å². The van der Waals surface area contributed by atoms with Gasteiger partial charge in [-0.15, -0.1) is 0 Å². The third-order valence-corrected chi connectivity index (χ3v) is 11.8. The summed E-state index contributed by atoms with van der Waals surface area (Å²) < 4.78 is 58.5. The second-order valence-electron chi connectivity index (χ2n) is 16.8. The fraction of sp³-hybridized carbons (Fsp3) is 0.440. The standard InChI is InChI=1S/C50H58N4O13/c1-4-60-48(58)39-38(53-39)46(57)54-47-40(51-30(2)55)44(61-26-33-19-11-6-12-20-33)42(36(64-47)28-59-25-32-17-9-5-10-18-32)67-50-41(52-31(3)56)45(62-27-34-21-13-7-14-22-34)43-37(65-50)29-63-49(66-43)35-23-15-8-16-24-35/h5-24,36-45,47,49-50,53H,4,25-29H2,1-3H3,(H,51,55)(H,52,56)(H,54,57)/t36-,37-,38-,39-,40-,41-,42-,43-,44-,45-,47-,49-,50+/m1/s1. The Morgan fingerprint density at radius 1 is 0.642 bits per heavy atom. The van der Waals surface area contributed by atoms with Crippen LogP contribution in [-0.4, -0.2) is 117 Å². The molecule has 4 fully saturated rings. The van der Waals surface area contributed by atoms with Crippen LogP contribution in [0.5, 0.6) is 0 Å². The maximum absolute atomic E-state index is 13.8. The van der Waals surface area contributed by atoms with Crippen LogP contribution in [0, 0.1) is 0 Å². The fourth-order valence-corrected chi connectivity index (χ4v) is 8.59. The lowest BCUT2D eigenvalue weighted by Gasteiger charge is -2.52. The highest BCUT2D eigenvalue weighted by Crippen LogP contribution is 2.38. The maximum Gasteiger partial charge on any atom is 0.325 e. The predicted molar refractivity (Wildman–Crippen MR) is 239 cm³/mol. The molecule has 4 N–H and O–H groups in total. The zero-order chi connectivity index (χ0) is 46.7. The van der Waals surface area contributed by atoms with Crippen LogP contribution in [0.1, 0.15) is 49.3 Å². The summed E-state index contributed by atoms with van der Waals surface area (Å²) in [5.41, 5.74) is 3.41. The molecular formula is C50H58N4O13. The van der Waals surface area contributed by atoms with Crippen molar-refractivity contribution in [2.45, 2.75) is 120 Å². The molecule has 3 amide bonds. The number of carbonyl (C=O) groups excluding carboxylic acids is 4. The van der Waals surface area contributed by atoms with Crippen molar-refractivity contribution in [3.8, 4) is 0 Å². The molecule has 0 spiro atoms. The monoisotopic (exact) mass is 922 g/mol. The minimum absolute atomic E-state index is 0.0610. The van der Waals surface area contributed by atoms with E-state index in [4.69, 9.17) is 42.6 Å². The van der Waals surface area contributed by atoms with Crippen molar-refractivity contribution in [2.75, 3.05) is 19.8 Å². The number of esters is 1. The summed E-state index contributed by atoms with van der Waals surface area (Å²) in [7, 11) is 0. The van der Waals surface area contributed by atoms with Crippen LogP contribution in [0.15, 0.2) is 121 Å². The van der Waals surface area contributed by atoms with Gasteiger partial charge in [-0.3, -0.25) is 24.5 Å². The lowest BCUT2D eigenvalue weighted by molar-refractivity contribution is -0.366. The molecule has 0 unspecified atom stereocenters. The van der Waals surface area contributed by atoms with E-state index in [1.54, 1.807) is 6.92 Å². The van der Waals surface area contributed by atoms with Crippen LogP contribution in [0.4, 0.5) is 0 Å². The zero-order valence-electron chi connectivity index (χ0n) is 37.6. The van der Waals surface area contributed by atoms with Crippen LogP contribution in [0.2, 0.25) is 0 Å². The Balaban J connectivity index is 1.14. The second-order valence-corrected chi connectivity index (χ2v) is 16.8. The second kappa shape index (κ2) is 22.9. The molecule has 4 aliphatic rings. The molecule has 8 rings (SSSR count). The molecule has 67 heavy (non-hydrogen) atoms. The highest BCUT2D eigenvalue weighted by atomic mass is 16.8. The number of fused-ring (bicyclic) bond motifs is 1. The first-order chi connectivity index (χ1) is 32.6. The number of ether oxygens (including phenoxy) is 9. The summed E-state index contributed by atoms with van der Waals surface area (Å²) in [6, 6.07) is 34.4. The van der Waals surface area contributed by atoms with Crippen LogP contribution in [-0.2, 0) is 81.6 Å². The molecule has 0 saturated carbocycles. The molecule has 0 bridgehead atoms. The largest absolute Gasteiger partial charge is 0.465 e. The van der Waals surface area contributed by atoms with E-state index in [9.17, 15) is 19.2 Å². The van der Waals surface area contributed by atoms with E-state index < -0.39 is 97.4 Å². The number of amides is 3. The Morgan fingerprint density at radius 3 is 1.81 bits per heavy atom. The minimum Gasteiger partial charge on any atom is -0.465 e. The number of hydrogen-bond acceptors (Lipinski definition) is 14. The average Bonchev–Trinajstić information content (AvgIpc) is 4.15. The van der Waals surface area contributed by atoms with Crippen molar-refractivity contribution in [1.29, 1.82) is 0 Å². The topological polar surface area (TPSA) is 209 Å². The first-order valence-electron chi connectivity index (χ1n) is 22.6. The summed E-state index contributed by atoms with van der Waals surface area (Å²) in [5.74, 6) is -1.94. The number of hydrogen-bond donors (Lipinski definition) is 4. The SMILES string of the molecule is CCOC(=O)[C@@H]1N[C@H]1C(=O)N[C@@H]1O[C@H](COCc2ccccc2)[C@@H](O[C@@H]2O[C@@H]3CO[C@@H](c4ccccc4)O[C@H]3[C@H](OCc3ccccc3)[C@H]2NC(C)=O)[C@H](OCc2ccccc2)[C@H]1NC(C)=O. The zero-order valence-corrected chi connectivity index (χ0v) is 37.6. The lowest BCUT2D eigenvalue weighted by Crippen LogP contribution is -2.72. The molecule has 0 aromatic heterocycles. The first kappa shape index (κ1) is 47.9. The fourth-order valence-electron chi connectivity index (χ4n) is 8.59. The summed E-state index contributed by atoms with van der Waals surface area (Å²) >= 11 is 0. The molecule has 356 valence electrons. The van der Waals surface area contributed by atoms with E-state index in [1.807, 2.05) is 121 Å². The summed E-state index contributed by atoms with van der Waals surface area (Å²) in [6.45, 7) is 5.01. The van der Waals surface area contributed by atoms with E-state index in [-0.39, 0.29) is 45.5 Å². The van der Waals surface area contributed by atoms with Gasteiger partial charge < -0.3 is 58.6 Å². The highest BCUT2D eigenvalue weighted by Gasteiger charge is 2.56. The Kier molecular flexibility index (Phi) is 16.4. The lowest BCUT2D eigenvalue weighted by atomic mass is 9.93. The molecule has 0 radical (unpaired) electrons. The van der Waals surface area contributed by atoms with Gasteiger partial charge in [-0.1, -0.05) is 121 Å². The molecule has 4 heterocycles. The Labute approximate surface area is 389 Å². The third-order valence-electron chi connectivity index (χ3n) is 11.8. The number of nitrogens with one attached hydrogen (secondary N) is 4. The quantitative estimate of drug-likeness (QED) is 0.0786. The van der Waals surface area contributed by atoms with Gasteiger partial charge in [0.25, 0.3) is 0 Å². The Bertz CT molecular complexity index is 2230. The van der Waals surface area contributed by atoms with Gasteiger partial charge in [0.05, 0.1) is 39.6 Å². The van der Waals surface area contributed by atoms with E-state index in [1.165, 1.54) is 13.8 Å². The van der Waals surface area contributed by atoms with E-state index in [0.717, 1.165) is 22.3 Å². The molecule has 4 saturated heterocycles. The van der Waals surface area contributed by atoms with Crippen LogP contribution >= 0.6 is 0 Å². The first-order valence-corrected chi connectivity index (χ1v) is 22.6. The molecule has 0 aliphatic carbocycles. The molecule has 4 aliphatic heterocycles. The Hall–Kier alpha value is -5.60. The molecule has 4 aromatic carbocycles. The van der Waals surface area contributed by atoms with Gasteiger partial charge in [0, 0.05) is 19.4 Å². The average molecular weight is 923 g/mol. The minimum atomic E-state index is -1.25. The van der Waals surface area contributed by atoms with Gasteiger partial charge in [-0.25, -0.2) is 0 Å². The normalized spacial score (nSPS) is 30.0. The van der Waals surface area contributed by atoms with Gasteiger partial charge >= 0.3 is 5.97 Å². The maximum atomic E-state index is 13.8.